The van der Waals surface area contributed by atoms with Crippen molar-refractivity contribution in [2.24, 2.45) is 0 Å². The predicted molar refractivity (Wildman–Crippen MR) is 42.5 cm³/mol. The summed E-state index contributed by atoms with van der Waals surface area (Å²) in [4.78, 5) is 12.1. The number of pyridine rings is 1. The van der Waals surface area contributed by atoms with Crippen LogP contribution < -0.4 is 0 Å². The first-order chi connectivity index (χ1) is 6.34. The lowest BCUT2D eigenvalue weighted by molar-refractivity contribution is -0.141. The Hall–Kier alpha value is -1.59. The molecule has 1 aromatic rings. The van der Waals surface area contributed by atoms with Crippen molar-refractivity contribution in [3.8, 4) is 0 Å². The molecule has 0 atom stereocenters. The summed E-state index contributed by atoms with van der Waals surface area (Å²) in [5.41, 5.74) is -0.852. The Labute approximate surface area is 78.2 Å². The number of alkyl halides is 3. The summed E-state index contributed by atoms with van der Waals surface area (Å²) >= 11 is 0. The maximum Gasteiger partial charge on any atom is 0.433 e. The highest BCUT2D eigenvalue weighted by atomic mass is 19.4. The van der Waals surface area contributed by atoms with Gasteiger partial charge in [-0.05, 0) is 12.1 Å². The second kappa shape index (κ2) is 5.21. The number of carboxylic acids is 1. The van der Waals surface area contributed by atoms with Crippen molar-refractivity contribution in [2.75, 3.05) is 0 Å². The van der Waals surface area contributed by atoms with Gasteiger partial charge in [-0.25, -0.2) is 0 Å². The highest BCUT2D eigenvalue weighted by Gasteiger charge is 2.31. The van der Waals surface area contributed by atoms with E-state index in [0.717, 1.165) is 19.2 Å². The third kappa shape index (κ3) is 5.99. The molecular weight excluding hydrogens is 199 g/mol. The monoisotopic (exact) mass is 207 g/mol. The minimum Gasteiger partial charge on any atom is -0.481 e. The van der Waals surface area contributed by atoms with Gasteiger partial charge in [0.05, 0.1) is 0 Å². The number of carbonyl (C=O) groups is 1. The van der Waals surface area contributed by atoms with Gasteiger partial charge in [-0.1, -0.05) is 6.07 Å². The second-order valence-corrected chi connectivity index (χ2v) is 2.23. The molecule has 0 saturated carbocycles. The summed E-state index contributed by atoms with van der Waals surface area (Å²) in [6, 6.07) is 3.67. The van der Waals surface area contributed by atoms with Crippen LogP contribution in [0.25, 0.3) is 0 Å². The predicted octanol–water partition coefficient (Wildman–Crippen LogP) is 2.19. The summed E-state index contributed by atoms with van der Waals surface area (Å²) in [7, 11) is 0. The van der Waals surface area contributed by atoms with Crippen molar-refractivity contribution >= 4 is 5.97 Å². The van der Waals surface area contributed by atoms with Crippen LogP contribution in [0, 0.1) is 0 Å². The first kappa shape index (κ1) is 12.4. The smallest absolute Gasteiger partial charge is 0.433 e. The van der Waals surface area contributed by atoms with E-state index in [1.54, 1.807) is 0 Å². The molecule has 0 aliphatic rings. The van der Waals surface area contributed by atoms with E-state index in [2.05, 4.69) is 4.98 Å². The molecule has 3 nitrogen and oxygen atoms in total. The fraction of sp³-hybridized carbons (Fsp3) is 0.250. The molecule has 0 fully saturated rings. The molecule has 1 aromatic heterocycles. The van der Waals surface area contributed by atoms with Gasteiger partial charge in [0, 0.05) is 13.1 Å². The molecule has 1 rings (SSSR count). The van der Waals surface area contributed by atoms with E-state index in [1.165, 1.54) is 12.1 Å². The maximum absolute atomic E-state index is 11.7. The van der Waals surface area contributed by atoms with E-state index in [0.29, 0.717) is 0 Å². The number of aromatic nitrogens is 1. The zero-order valence-electron chi connectivity index (χ0n) is 7.25. The first-order valence-corrected chi connectivity index (χ1v) is 3.52. The number of carboxylic acid groups (broad SMARTS) is 1. The van der Waals surface area contributed by atoms with Gasteiger partial charge in [-0.2, -0.15) is 13.2 Å². The molecule has 0 aromatic carbocycles. The number of rotatable bonds is 0. The standard InChI is InChI=1S/C6H4F3N.C2H4O2/c7-6(8,9)5-3-1-2-4-10-5;1-2(3)4/h1-4H;1H3,(H,3,4). The van der Waals surface area contributed by atoms with Crippen molar-refractivity contribution in [1.82, 2.24) is 4.98 Å². The van der Waals surface area contributed by atoms with Crippen LogP contribution in [0.1, 0.15) is 12.6 Å². The van der Waals surface area contributed by atoms with Gasteiger partial charge in [-0.3, -0.25) is 9.78 Å². The van der Waals surface area contributed by atoms with Crippen LogP contribution in [0.2, 0.25) is 0 Å². The van der Waals surface area contributed by atoms with E-state index in [-0.39, 0.29) is 0 Å². The van der Waals surface area contributed by atoms with Crippen LogP contribution in [0.5, 0.6) is 0 Å². The molecule has 0 aliphatic heterocycles. The highest BCUT2D eigenvalue weighted by molar-refractivity contribution is 5.62. The summed E-state index contributed by atoms with van der Waals surface area (Å²) in [6.07, 6.45) is -3.20. The van der Waals surface area contributed by atoms with E-state index in [9.17, 15) is 13.2 Å². The summed E-state index contributed by atoms with van der Waals surface area (Å²) in [5, 5.41) is 7.42. The molecule has 0 aliphatic carbocycles. The summed E-state index contributed by atoms with van der Waals surface area (Å²) in [5.74, 6) is -0.833. The molecule has 0 bridgehead atoms. The molecule has 0 unspecified atom stereocenters. The van der Waals surface area contributed by atoms with Gasteiger partial charge in [-0.15, -0.1) is 0 Å². The first-order valence-electron chi connectivity index (χ1n) is 3.52. The zero-order valence-corrected chi connectivity index (χ0v) is 7.25. The highest BCUT2D eigenvalue weighted by Crippen LogP contribution is 2.26. The third-order valence-electron chi connectivity index (χ3n) is 0.955. The molecule has 6 heteroatoms. The molecular formula is C8H8F3NO2. The van der Waals surface area contributed by atoms with Crippen LogP contribution in [-0.4, -0.2) is 16.1 Å². The minimum atomic E-state index is -4.32. The number of hydrogen-bond donors (Lipinski definition) is 1. The lowest BCUT2D eigenvalue weighted by Gasteiger charge is -2.02. The number of nitrogens with zero attached hydrogens (tertiary/aromatic N) is 1. The van der Waals surface area contributed by atoms with E-state index in [4.69, 9.17) is 9.90 Å². The Balaban J connectivity index is 0.000000364. The van der Waals surface area contributed by atoms with Gasteiger partial charge in [0.2, 0.25) is 0 Å². The maximum atomic E-state index is 11.7. The SMILES string of the molecule is CC(=O)O.FC(F)(F)c1ccccn1. The van der Waals surface area contributed by atoms with Gasteiger partial charge < -0.3 is 5.11 Å². The lowest BCUT2D eigenvalue weighted by Crippen LogP contribution is -2.06. The van der Waals surface area contributed by atoms with Crippen molar-refractivity contribution < 1.29 is 23.1 Å². The Morgan fingerprint density at radius 2 is 1.93 bits per heavy atom. The number of halogens is 3. The Morgan fingerprint density at radius 1 is 1.43 bits per heavy atom. The number of hydrogen-bond acceptors (Lipinski definition) is 2. The van der Waals surface area contributed by atoms with E-state index >= 15 is 0 Å². The quantitative estimate of drug-likeness (QED) is 0.709. The largest absolute Gasteiger partial charge is 0.481 e. The Bertz CT molecular complexity index is 280. The average molecular weight is 207 g/mol. The second-order valence-electron chi connectivity index (χ2n) is 2.23. The molecule has 1 N–H and O–H groups in total. The van der Waals surface area contributed by atoms with Crippen LogP contribution >= 0.6 is 0 Å². The van der Waals surface area contributed by atoms with Gasteiger partial charge >= 0.3 is 6.18 Å². The minimum absolute atomic E-state index is 0.833. The summed E-state index contributed by atoms with van der Waals surface area (Å²) in [6.45, 7) is 1.08. The van der Waals surface area contributed by atoms with Gasteiger partial charge in [0.1, 0.15) is 5.69 Å². The van der Waals surface area contributed by atoms with Gasteiger partial charge in [0.25, 0.3) is 5.97 Å². The fourth-order valence-electron chi connectivity index (χ4n) is 0.530. The zero-order chi connectivity index (χ0) is 11.2. The topological polar surface area (TPSA) is 50.2 Å². The third-order valence-corrected chi connectivity index (χ3v) is 0.955. The molecule has 0 saturated heterocycles. The van der Waals surface area contributed by atoms with Crippen molar-refractivity contribution in [1.29, 1.82) is 0 Å². The van der Waals surface area contributed by atoms with Crippen molar-refractivity contribution in [2.45, 2.75) is 13.1 Å². The van der Waals surface area contributed by atoms with E-state index < -0.39 is 17.8 Å². The molecule has 0 radical (unpaired) electrons. The van der Waals surface area contributed by atoms with E-state index in [1.807, 2.05) is 0 Å². The van der Waals surface area contributed by atoms with Crippen LogP contribution in [0.15, 0.2) is 24.4 Å². The summed E-state index contributed by atoms with van der Waals surface area (Å²) < 4.78 is 35.2. The average Bonchev–Trinajstić information content (AvgIpc) is 2.03. The fourth-order valence-corrected chi connectivity index (χ4v) is 0.530. The Kier molecular flexibility index (Phi) is 4.62. The van der Waals surface area contributed by atoms with Crippen molar-refractivity contribution in [3.05, 3.63) is 30.1 Å². The van der Waals surface area contributed by atoms with Crippen LogP contribution in [-0.2, 0) is 11.0 Å². The Morgan fingerprint density at radius 3 is 2.14 bits per heavy atom. The van der Waals surface area contributed by atoms with Crippen LogP contribution in [0.4, 0.5) is 13.2 Å². The molecule has 0 spiro atoms. The molecule has 0 amide bonds. The normalized spacial score (nSPS) is 10.0. The van der Waals surface area contributed by atoms with Crippen molar-refractivity contribution in [3.63, 3.8) is 0 Å². The molecule has 1 heterocycles. The lowest BCUT2D eigenvalue weighted by atomic mass is 10.3. The number of aliphatic carboxylic acids is 1. The van der Waals surface area contributed by atoms with Crippen LogP contribution in [0.3, 0.4) is 0 Å². The molecule has 14 heavy (non-hydrogen) atoms. The van der Waals surface area contributed by atoms with Gasteiger partial charge in [0.15, 0.2) is 0 Å². The molecule has 78 valence electrons.